The molecule has 0 bridgehead atoms. The van der Waals surface area contributed by atoms with Gasteiger partial charge in [-0.2, -0.15) is 0 Å². The summed E-state index contributed by atoms with van der Waals surface area (Å²) in [6.07, 6.45) is 0.0302. The Morgan fingerprint density at radius 1 is 1.14 bits per heavy atom. The molecule has 28 heavy (non-hydrogen) atoms. The molecule has 0 spiro atoms. The van der Waals surface area contributed by atoms with Crippen LogP contribution in [0.4, 0.5) is 5.69 Å². The Bertz CT molecular complexity index is 1050. The number of aromatic amines is 1. The van der Waals surface area contributed by atoms with Gasteiger partial charge in [0.15, 0.2) is 5.16 Å². The van der Waals surface area contributed by atoms with E-state index in [1.807, 2.05) is 56.3 Å². The highest BCUT2D eigenvalue weighted by Crippen LogP contribution is 2.22. The molecule has 7 heteroatoms. The monoisotopic (exact) mass is 413 g/mol. The van der Waals surface area contributed by atoms with Crippen molar-refractivity contribution < 1.29 is 4.79 Å². The molecule has 0 aliphatic rings. The van der Waals surface area contributed by atoms with E-state index in [9.17, 15) is 9.59 Å². The number of H-pyrrole nitrogens is 1. The van der Waals surface area contributed by atoms with E-state index in [1.165, 1.54) is 17.8 Å². The highest BCUT2D eigenvalue weighted by atomic mass is 35.5. The van der Waals surface area contributed by atoms with Crippen molar-refractivity contribution in [1.29, 1.82) is 0 Å². The van der Waals surface area contributed by atoms with Crippen molar-refractivity contribution in [3.63, 3.8) is 0 Å². The van der Waals surface area contributed by atoms with Gasteiger partial charge in [-0.05, 0) is 42.7 Å². The zero-order chi connectivity index (χ0) is 20.1. The highest BCUT2D eigenvalue weighted by molar-refractivity contribution is 7.98. The predicted octanol–water partition coefficient (Wildman–Crippen LogP) is 4.51. The van der Waals surface area contributed by atoms with Crippen LogP contribution in [-0.2, 0) is 17.0 Å². The van der Waals surface area contributed by atoms with Gasteiger partial charge in [0, 0.05) is 22.5 Å². The van der Waals surface area contributed by atoms with Crippen molar-refractivity contribution in [2.75, 3.05) is 5.32 Å². The quantitative estimate of drug-likeness (QED) is 0.460. The van der Waals surface area contributed by atoms with Crippen molar-refractivity contribution in [3.05, 3.63) is 86.3 Å². The minimum Gasteiger partial charge on any atom is -0.325 e. The number of para-hydroxylation sites is 1. The van der Waals surface area contributed by atoms with Crippen LogP contribution in [0.15, 0.2) is 58.5 Å². The fourth-order valence-electron chi connectivity index (χ4n) is 2.78. The van der Waals surface area contributed by atoms with Gasteiger partial charge in [-0.15, -0.1) is 0 Å². The van der Waals surface area contributed by atoms with E-state index in [0.29, 0.717) is 21.6 Å². The lowest BCUT2D eigenvalue weighted by Gasteiger charge is -2.11. The van der Waals surface area contributed by atoms with Crippen LogP contribution >= 0.6 is 23.4 Å². The van der Waals surface area contributed by atoms with Gasteiger partial charge in [0.1, 0.15) is 0 Å². The third kappa shape index (κ3) is 5.47. The third-order valence-electron chi connectivity index (χ3n) is 4.12. The second kappa shape index (κ2) is 9.08. The molecule has 0 unspecified atom stereocenters. The maximum atomic E-state index is 12.4. The number of carbonyl (C=O) groups is 1. The molecule has 5 nitrogen and oxygen atoms in total. The number of hydrogen-bond donors (Lipinski definition) is 2. The topological polar surface area (TPSA) is 74.8 Å². The molecule has 0 fully saturated rings. The molecule has 0 radical (unpaired) electrons. The standard InChI is InChI=1S/C21H20ClN3O2S/c1-13-5-3-6-14(2)20(13)24-18(26)10-17-11-19(27)25-21(23-17)28-12-15-7-4-8-16(22)9-15/h3-9,11H,10,12H2,1-2H3,(H,24,26)(H,23,25,27). The zero-order valence-corrected chi connectivity index (χ0v) is 17.2. The van der Waals surface area contributed by atoms with Crippen LogP contribution in [0.3, 0.4) is 0 Å². The summed E-state index contributed by atoms with van der Waals surface area (Å²) >= 11 is 7.39. The van der Waals surface area contributed by atoms with Gasteiger partial charge in [-0.25, -0.2) is 4.98 Å². The molecule has 144 valence electrons. The minimum atomic E-state index is -0.279. The second-order valence-corrected chi connectivity index (χ2v) is 7.85. The first-order valence-corrected chi connectivity index (χ1v) is 10.1. The van der Waals surface area contributed by atoms with Gasteiger partial charge in [0.2, 0.25) is 5.91 Å². The minimum absolute atomic E-state index is 0.0302. The summed E-state index contributed by atoms with van der Waals surface area (Å²) in [6.45, 7) is 3.89. The number of nitrogens with zero attached hydrogens (tertiary/aromatic N) is 1. The van der Waals surface area contributed by atoms with E-state index in [0.717, 1.165) is 22.4 Å². The number of aromatic nitrogens is 2. The number of nitrogens with one attached hydrogen (secondary N) is 2. The second-order valence-electron chi connectivity index (χ2n) is 6.45. The van der Waals surface area contributed by atoms with Crippen molar-refractivity contribution in [2.24, 2.45) is 0 Å². The normalized spacial score (nSPS) is 10.7. The molecule has 1 aromatic heterocycles. The summed E-state index contributed by atoms with van der Waals surface area (Å²) in [5.74, 6) is 0.406. The largest absolute Gasteiger partial charge is 0.325 e. The molecule has 2 N–H and O–H groups in total. The lowest BCUT2D eigenvalue weighted by atomic mass is 10.1. The van der Waals surface area contributed by atoms with Gasteiger partial charge in [-0.1, -0.05) is 53.7 Å². The Morgan fingerprint density at radius 3 is 2.57 bits per heavy atom. The first-order chi connectivity index (χ1) is 13.4. The smallest absolute Gasteiger partial charge is 0.251 e. The summed E-state index contributed by atoms with van der Waals surface area (Å²) < 4.78 is 0. The van der Waals surface area contributed by atoms with Gasteiger partial charge in [0.05, 0.1) is 12.1 Å². The number of amides is 1. The summed E-state index contributed by atoms with van der Waals surface area (Å²) in [5.41, 5.74) is 3.96. The number of hydrogen-bond acceptors (Lipinski definition) is 4. The number of aryl methyl sites for hydroxylation is 2. The van der Waals surface area contributed by atoms with E-state index >= 15 is 0 Å². The molecule has 2 aromatic carbocycles. The van der Waals surface area contributed by atoms with E-state index in [1.54, 1.807) is 0 Å². The molecule has 3 aromatic rings. The Morgan fingerprint density at radius 2 is 1.86 bits per heavy atom. The first kappa shape index (κ1) is 20.2. The fraction of sp³-hybridized carbons (Fsp3) is 0.190. The first-order valence-electron chi connectivity index (χ1n) is 8.74. The summed E-state index contributed by atoms with van der Waals surface area (Å²) in [5, 5.41) is 4.06. The molecule has 0 aliphatic carbocycles. The Balaban J connectivity index is 1.69. The third-order valence-corrected chi connectivity index (χ3v) is 5.30. The molecule has 0 atom stereocenters. The summed E-state index contributed by atoms with van der Waals surface area (Å²) in [4.78, 5) is 31.5. The number of carbonyl (C=O) groups excluding carboxylic acids is 1. The molecule has 0 saturated heterocycles. The Kier molecular flexibility index (Phi) is 6.54. The number of halogens is 1. The van der Waals surface area contributed by atoms with Crippen LogP contribution in [0.1, 0.15) is 22.4 Å². The maximum Gasteiger partial charge on any atom is 0.251 e. The Labute approximate surface area is 172 Å². The average Bonchev–Trinajstić information content (AvgIpc) is 2.63. The predicted molar refractivity (Wildman–Crippen MR) is 114 cm³/mol. The number of benzene rings is 2. The van der Waals surface area contributed by atoms with Gasteiger partial charge in [-0.3, -0.25) is 9.59 Å². The molecule has 0 saturated carbocycles. The molecule has 0 aliphatic heterocycles. The van der Waals surface area contributed by atoms with Crippen molar-refractivity contribution in [1.82, 2.24) is 9.97 Å². The van der Waals surface area contributed by atoms with E-state index in [2.05, 4.69) is 15.3 Å². The highest BCUT2D eigenvalue weighted by Gasteiger charge is 2.11. The lowest BCUT2D eigenvalue weighted by Crippen LogP contribution is -2.19. The van der Waals surface area contributed by atoms with Crippen molar-refractivity contribution in [3.8, 4) is 0 Å². The van der Waals surface area contributed by atoms with Crippen molar-refractivity contribution in [2.45, 2.75) is 31.2 Å². The number of anilines is 1. The molecular weight excluding hydrogens is 394 g/mol. The number of thioether (sulfide) groups is 1. The van der Waals surface area contributed by atoms with E-state index in [4.69, 9.17) is 11.6 Å². The van der Waals surface area contributed by atoms with Gasteiger partial charge < -0.3 is 10.3 Å². The lowest BCUT2D eigenvalue weighted by molar-refractivity contribution is -0.115. The molecule has 3 rings (SSSR count). The van der Waals surface area contributed by atoms with Gasteiger partial charge >= 0.3 is 0 Å². The van der Waals surface area contributed by atoms with Crippen LogP contribution in [0.5, 0.6) is 0 Å². The number of rotatable bonds is 6. The molecular formula is C21H20ClN3O2S. The summed E-state index contributed by atoms with van der Waals surface area (Å²) in [6, 6.07) is 14.7. The average molecular weight is 414 g/mol. The SMILES string of the molecule is Cc1cccc(C)c1NC(=O)Cc1cc(=O)[nH]c(SCc2cccc(Cl)c2)n1. The van der Waals surface area contributed by atoms with Crippen LogP contribution in [0, 0.1) is 13.8 Å². The van der Waals surface area contributed by atoms with Crippen LogP contribution < -0.4 is 10.9 Å². The van der Waals surface area contributed by atoms with Crippen molar-refractivity contribution >= 4 is 35.0 Å². The summed E-state index contributed by atoms with van der Waals surface area (Å²) in [7, 11) is 0. The molecule has 1 amide bonds. The fourth-order valence-corrected chi connectivity index (χ4v) is 3.83. The molecule has 1 heterocycles. The maximum absolute atomic E-state index is 12.4. The van der Waals surface area contributed by atoms with E-state index in [-0.39, 0.29) is 17.9 Å². The van der Waals surface area contributed by atoms with Crippen LogP contribution in [-0.4, -0.2) is 15.9 Å². The van der Waals surface area contributed by atoms with Gasteiger partial charge in [0.25, 0.3) is 5.56 Å². The van der Waals surface area contributed by atoms with E-state index < -0.39 is 0 Å². The van der Waals surface area contributed by atoms with Crippen LogP contribution in [0.25, 0.3) is 0 Å². The zero-order valence-electron chi connectivity index (χ0n) is 15.6. The Hall–Kier alpha value is -2.57. The van der Waals surface area contributed by atoms with Crippen LogP contribution in [0.2, 0.25) is 5.02 Å².